The van der Waals surface area contributed by atoms with E-state index in [4.69, 9.17) is 0 Å². The minimum absolute atomic E-state index is 0.702. The average Bonchev–Trinajstić information content (AvgIpc) is 2.94. The lowest BCUT2D eigenvalue weighted by atomic mass is 9.94. The van der Waals surface area contributed by atoms with Gasteiger partial charge in [-0.3, -0.25) is 0 Å². The Labute approximate surface area is 102 Å². The van der Waals surface area contributed by atoms with E-state index >= 15 is 0 Å². The van der Waals surface area contributed by atoms with Crippen LogP contribution in [0.1, 0.15) is 31.7 Å². The molecular formula is C13H20N4. The Kier molecular flexibility index (Phi) is 2.18. The lowest BCUT2D eigenvalue weighted by Gasteiger charge is -2.24. The molecule has 4 nitrogen and oxygen atoms in total. The van der Waals surface area contributed by atoms with Crippen molar-refractivity contribution in [3.63, 3.8) is 0 Å². The van der Waals surface area contributed by atoms with Crippen LogP contribution in [0.2, 0.25) is 0 Å². The normalized spacial score (nSPS) is 32.8. The van der Waals surface area contributed by atoms with Gasteiger partial charge < -0.3 is 14.8 Å². The summed E-state index contributed by atoms with van der Waals surface area (Å²) in [7, 11) is 0. The molecule has 2 atom stereocenters. The Morgan fingerprint density at radius 1 is 1.24 bits per heavy atom. The van der Waals surface area contributed by atoms with E-state index in [-0.39, 0.29) is 0 Å². The predicted molar refractivity (Wildman–Crippen MR) is 67.2 cm³/mol. The molecule has 0 radical (unpaired) electrons. The Morgan fingerprint density at radius 3 is 3.00 bits per heavy atom. The molecule has 92 valence electrons. The summed E-state index contributed by atoms with van der Waals surface area (Å²) in [6, 6.07) is 1.44. The topological polar surface area (TPSA) is 33.1 Å². The molecule has 4 rings (SSSR count). The lowest BCUT2D eigenvalue weighted by Crippen LogP contribution is -2.40. The zero-order valence-electron chi connectivity index (χ0n) is 10.2. The summed E-state index contributed by atoms with van der Waals surface area (Å²) >= 11 is 0. The second kappa shape index (κ2) is 3.73. The number of hydrogen-bond acceptors (Lipinski definition) is 3. The van der Waals surface area contributed by atoms with Crippen LogP contribution in [0.4, 0.5) is 5.95 Å². The van der Waals surface area contributed by atoms with Crippen LogP contribution in [0.3, 0.4) is 0 Å². The third-order valence-electron chi connectivity index (χ3n) is 4.47. The summed E-state index contributed by atoms with van der Waals surface area (Å²) in [5.74, 6) is 2.05. The molecule has 3 heterocycles. The third-order valence-corrected chi connectivity index (χ3v) is 4.47. The summed E-state index contributed by atoms with van der Waals surface area (Å²) in [6.07, 6.45) is 9.51. The molecule has 1 aromatic rings. The van der Waals surface area contributed by atoms with Gasteiger partial charge in [0.15, 0.2) is 0 Å². The van der Waals surface area contributed by atoms with Gasteiger partial charge in [-0.05, 0) is 38.1 Å². The number of nitrogens with zero attached hydrogens (tertiary/aromatic N) is 3. The van der Waals surface area contributed by atoms with Crippen molar-refractivity contribution >= 4 is 5.95 Å². The molecule has 2 aliphatic heterocycles. The maximum atomic E-state index is 4.58. The molecule has 1 saturated carbocycles. The van der Waals surface area contributed by atoms with Gasteiger partial charge in [-0.1, -0.05) is 0 Å². The van der Waals surface area contributed by atoms with Crippen molar-refractivity contribution in [3.8, 4) is 0 Å². The van der Waals surface area contributed by atoms with Crippen molar-refractivity contribution in [2.45, 2.75) is 37.8 Å². The van der Waals surface area contributed by atoms with E-state index in [0.29, 0.717) is 6.04 Å². The second-order valence-electron chi connectivity index (χ2n) is 5.73. The van der Waals surface area contributed by atoms with Crippen molar-refractivity contribution in [2.75, 3.05) is 24.5 Å². The predicted octanol–water partition coefficient (Wildman–Crippen LogP) is 1.41. The van der Waals surface area contributed by atoms with E-state index in [1.54, 1.807) is 0 Å². The van der Waals surface area contributed by atoms with Crippen LogP contribution in [0.15, 0.2) is 12.4 Å². The quantitative estimate of drug-likeness (QED) is 0.837. The molecule has 4 heteroatoms. The van der Waals surface area contributed by atoms with Crippen LogP contribution in [-0.2, 0) is 0 Å². The average molecular weight is 232 g/mol. The van der Waals surface area contributed by atoms with Crippen molar-refractivity contribution < 1.29 is 0 Å². The first kappa shape index (κ1) is 9.95. The maximum absolute atomic E-state index is 4.58. The highest BCUT2D eigenvalue weighted by Gasteiger charge is 2.37. The van der Waals surface area contributed by atoms with E-state index in [9.17, 15) is 0 Å². The molecule has 0 amide bonds. The SMILES string of the molecule is c1cn(C2CC2)c(N2CC3CCCNC3C2)n1. The third kappa shape index (κ3) is 1.66. The van der Waals surface area contributed by atoms with Crippen LogP contribution in [0.5, 0.6) is 0 Å². The first-order chi connectivity index (χ1) is 8.42. The van der Waals surface area contributed by atoms with E-state index in [1.807, 2.05) is 6.20 Å². The number of anilines is 1. The number of nitrogens with one attached hydrogen (secondary N) is 1. The Bertz CT molecular complexity index is 395. The number of piperidine rings is 1. The van der Waals surface area contributed by atoms with E-state index < -0.39 is 0 Å². The smallest absolute Gasteiger partial charge is 0.205 e. The zero-order valence-corrected chi connectivity index (χ0v) is 10.2. The van der Waals surface area contributed by atoms with Gasteiger partial charge in [0.2, 0.25) is 5.95 Å². The van der Waals surface area contributed by atoms with Gasteiger partial charge in [0.1, 0.15) is 0 Å². The molecular weight excluding hydrogens is 212 g/mol. The van der Waals surface area contributed by atoms with Gasteiger partial charge in [0.05, 0.1) is 0 Å². The highest BCUT2D eigenvalue weighted by atomic mass is 15.3. The molecule has 17 heavy (non-hydrogen) atoms. The van der Waals surface area contributed by atoms with E-state index in [1.165, 1.54) is 44.7 Å². The summed E-state index contributed by atoms with van der Waals surface area (Å²) in [5, 5.41) is 3.66. The first-order valence-electron chi connectivity index (χ1n) is 6.93. The van der Waals surface area contributed by atoms with Gasteiger partial charge in [-0.25, -0.2) is 4.98 Å². The standard InChI is InChI=1S/C13H20N4/c1-2-10-8-16(9-12(10)14-5-1)13-15-6-7-17(13)11-3-4-11/h6-7,10-12,14H,1-5,8-9H2. The molecule has 3 fully saturated rings. The van der Waals surface area contributed by atoms with Crippen molar-refractivity contribution in [3.05, 3.63) is 12.4 Å². The number of aromatic nitrogens is 2. The maximum Gasteiger partial charge on any atom is 0.205 e. The zero-order chi connectivity index (χ0) is 11.2. The highest BCUT2D eigenvalue weighted by molar-refractivity contribution is 5.36. The molecule has 3 aliphatic rings. The lowest BCUT2D eigenvalue weighted by molar-refractivity contribution is 0.340. The minimum Gasteiger partial charge on any atom is -0.340 e. The molecule has 1 N–H and O–H groups in total. The highest BCUT2D eigenvalue weighted by Crippen LogP contribution is 2.39. The fraction of sp³-hybridized carbons (Fsp3) is 0.769. The second-order valence-corrected chi connectivity index (χ2v) is 5.73. The van der Waals surface area contributed by atoms with Crippen LogP contribution in [0.25, 0.3) is 0 Å². The minimum atomic E-state index is 0.702. The van der Waals surface area contributed by atoms with E-state index in [0.717, 1.165) is 18.5 Å². The van der Waals surface area contributed by atoms with Crippen molar-refractivity contribution in [2.24, 2.45) is 5.92 Å². The molecule has 1 aliphatic carbocycles. The first-order valence-corrected chi connectivity index (χ1v) is 6.93. The van der Waals surface area contributed by atoms with Gasteiger partial charge in [-0.15, -0.1) is 0 Å². The summed E-state index contributed by atoms with van der Waals surface area (Å²) < 4.78 is 2.39. The summed E-state index contributed by atoms with van der Waals surface area (Å²) in [6.45, 7) is 3.54. The summed E-state index contributed by atoms with van der Waals surface area (Å²) in [5.41, 5.74) is 0. The molecule has 0 bridgehead atoms. The number of hydrogen-bond donors (Lipinski definition) is 1. The van der Waals surface area contributed by atoms with E-state index in [2.05, 4.69) is 26.0 Å². The fourth-order valence-electron chi connectivity index (χ4n) is 3.40. The molecule has 2 unspecified atom stereocenters. The van der Waals surface area contributed by atoms with Gasteiger partial charge >= 0.3 is 0 Å². The summed E-state index contributed by atoms with van der Waals surface area (Å²) in [4.78, 5) is 7.07. The molecule has 0 spiro atoms. The Morgan fingerprint density at radius 2 is 2.18 bits per heavy atom. The van der Waals surface area contributed by atoms with Crippen LogP contribution >= 0.6 is 0 Å². The number of imidazole rings is 1. The van der Waals surface area contributed by atoms with Crippen LogP contribution in [0, 0.1) is 5.92 Å². The van der Waals surface area contributed by atoms with Gasteiger partial charge in [-0.2, -0.15) is 0 Å². The number of rotatable bonds is 2. The Balaban J connectivity index is 1.56. The van der Waals surface area contributed by atoms with Gasteiger partial charge in [0.25, 0.3) is 0 Å². The monoisotopic (exact) mass is 232 g/mol. The molecule has 1 aromatic heterocycles. The molecule has 2 saturated heterocycles. The molecule has 0 aromatic carbocycles. The van der Waals surface area contributed by atoms with Crippen molar-refractivity contribution in [1.82, 2.24) is 14.9 Å². The van der Waals surface area contributed by atoms with Crippen LogP contribution in [-0.4, -0.2) is 35.2 Å². The van der Waals surface area contributed by atoms with Crippen molar-refractivity contribution in [1.29, 1.82) is 0 Å². The van der Waals surface area contributed by atoms with Crippen LogP contribution < -0.4 is 10.2 Å². The number of fused-ring (bicyclic) bond motifs is 1. The Hall–Kier alpha value is -1.03. The fourth-order valence-corrected chi connectivity index (χ4v) is 3.40. The largest absolute Gasteiger partial charge is 0.340 e. The van der Waals surface area contributed by atoms with Gasteiger partial charge in [0, 0.05) is 37.6 Å².